The molecule has 0 atom stereocenters. The van der Waals surface area contributed by atoms with Crippen molar-refractivity contribution in [3.8, 4) is 0 Å². The number of aryl methyl sites for hydroxylation is 1. The molecule has 24 heavy (non-hydrogen) atoms. The number of Topliss-reactive ketones (excluding diaryl/α,β-unsaturated/α-hetero) is 1. The normalized spacial score (nSPS) is 11.1. The molecule has 126 valence electrons. The number of nitrogens with zero attached hydrogens (tertiary/aromatic N) is 1. The summed E-state index contributed by atoms with van der Waals surface area (Å²) in [7, 11) is 0. The minimum atomic E-state index is -0.357. The number of benzene rings is 1. The first-order valence-corrected chi connectivity index (χ1v) is 8.15. The van der Waals surface area contributed by atoms with Gasteiger partial charge in [-0.05, 0) is 44.9 Å². The fourth-order valence-corrected chi connectivity index (χ4v) is 2.60. The highest BCUT2D eigenvalue weighted by atomic mass is 16.2. The summed E-state index contributed by atoms with van der Waals surface area (Å²) in [5, 5.41) is 3.02. The second kappa shape index (κ2) is 7.86. The summed E-state index contributed by atoms with van der Waals surface area (Å²) in [5.41, 5.74) is 2.58. The zero-order chi connectivity index (χ0) is 17.6. The van der Waals surface area contributed by atoms with Crippen LogP contribution in [-0.4, -0.2) is 22.2 Å². The Bertz CT molecular complexity index is 691. The molecule has 2 aromatic rings. The van der Waals surface area contributed by atoms with Gasteiger partial charge in [-0.25, -0.2) is 0 Å². The van der Waals surface area contributed by atoms with Crippen LogP contribution in [0.25, 0.3) is 0 Å². The van der Waals surface area contributed by atoms with E-state index >= 15 is 0 Å². The molecule has 0 aliphatic carbocycles. The lowest BCUT2D eigenvalue weighted by Crippen LogP contribution is -2.45. The van der Waals surface area contributed by atoms with Gasteiger partial charge in [0.1, 0.15) is 0 Å². The molecule has 2 rings (SSSR count). The molecule has 0 spiro atoms. The largest absolute Gasteiger partial charge is 0.351 e. The molecular formula is C20H24N2O2. The molecule has 1 aromatic carbocycles. The molecule has 0 bridgehead atoms. The number of nitrogens with one attached hydrogen (secondary N) is 1. The first-order valence-electron chi connectivity index (χ1n) is 8.15. The van der Waals surface area contributed by atoms with E-state index < -0.39 is 0 Å². The number of pyridine rings is 1. The summed E-state index contributed by atoms with van der Waals surface area (Å²) in [4.78, 5) is 28.1. The van der Waals surface area contributed by atoms with E-state index in [1.165, 1.54) is 17.3 Å². The Morgan fingerprint density at radius 2 is 1.79 bits per heavy atom. The van der Waals surface area contributed by atoms with Gasteiger partial charge < -0.3 is 5.32 Å². The molecule has 1 amide bonds. The maximum absolute atomic E-state index is 12.2. The highest BCUT2D eigenvalue weighted by Gasteiger charge is 2.21. The number of aromatic nitrogens is 1. The topological polar surface area (TPSA) is 59.1 Å². The van der Waals surface area contributed by atoms with Crippen LogP contribution in [0.2, 0.25) is 0 Å². The van der Waals surface area contributed by atoms with E-state index in [0.717, 1.165) is 6.42 Å². The number of carbonyl (C=O) groups excluding carboxylic acids is 2. The third-order valence-corrected chi connectivity index (χ3v) is 3.81. The Labute approximate surface area is 143 Å². The first-order chi connectivity index (χ1) is 11.4. The van der Waals surface area contributed by atoms with Crippen molar-refractivity contribution < 1.29 is 9.59 Å². The SMILES string of the molecule is Cc1ccc(CC(C)(C)NC(=O)CCC(=O)c2cccnc2)cc1. The molecule has 1 N–H and O–H groups in total. The second-order valence-electron chi connectivity index (χ2n) is 6.76. The Morgan fingerprint density at radius 3 is 2.42 bits per heavy atom. The van der Waals surface area contributed by atoms with Crippen LogP contribution >= 0.6 is 0 Å². The van der Waals surface area contributed by atoms with Crippen LogP contribution in [0.5, 0.6) is 0 Å². The number of carbonyl (C=O) groups is 2. The predicted molar refractivity (Wildman–Crippen MR) is 94.9 cm³/mol. The summed E-state index contributed by atoms with van der Waals surface area (Å²) in [6.07, 6.45) is 4.28. The minimum absolute atomic E-state index is 0.0606. The molecule has 1 aromatic heterocycles. The molecule has 1 heterocycles. The van der Waals surface area contributed by atoms with E-state index in [9.17, 15) is 9.59 Å². The molecular weight excluding hydrogens is 300 g/mol. The summed E-state index contributed by atoms with van der Waals surface area (Å²) < 4.78 is 0. The van der Waals surface area contributed by atoms with Gasteiger partial charge in [0.2, 0.25) is 5.91 Å². The van der Waals surface area contributed by atoms with Crippen LogP contribution in [-0.2, 0) is 11.2 Å². The van der Waals surface area contributed by atoms with Crippen molar-refractivity contribution in [3.63, 3.8) is 0 Å². The number of rotatable bonds is 7. The van der Waals surface area contributed by atoms with Crippen LogP contribution in [0, 0.1) is 6.92 Å². The van der Waals surface area contributed by atoms with Crippen LogP contribution in [0.1, 0.15) is 48.2 Å². The number of hydrogen-bond donors (Lipinski definition) is 1. The van der Waals surface area contributed by atoms with E-state index in [-0.39, 0.29) is 30.1 Å². The van der Waals surface area contributed by atoms with Gasteiger partial charge in [0.15, 0.2) is 5.78 Å². The van der Waals surface area contributed by atoms with E-state index in [1.54, 1.807) is 18.3 Å². The fraction of sp³-hybridized carbons (Fsp3) is 0.350. The lowest BCUT2D eigenvalue weighted by Gasteiger charge is -2.26. The Balaban J connectivity index is 1.84. The zero-order valence-corrected chi connectivity index (χ0v) is 14.5. The Morgan fingerprint density at radius 1 is 1.08 bits per heavy atom. The molecule has 0 saturated heterocycles. The van der Waals surface area contributed by atoms with Gasteiger partial charge in [-0.3, -0.25) is 14.6 Å². The van der Waals surface area contributed by atoms with E-state index in [0.29, 0.717) is 5.56 Å². The monoisotopic (exact) mass is 324 g/mol. The first kappa shape index (κ1) is 17.9. The van der Waals surface area contributed by atoms with Crippen molar-refractivity contribution in [2.24, 2.45) is 0 Å². The number of amides is 1. The molecule has 0 aliphatic rings. The minimum Gasteiger partial charge on any atom is -0.351 e. The van der Waals surface area contributed by atoms with E-state index in [1.807, 2.05) is 13.8 Å². The summed E-state index contributed by atoms with van der Waals surface area (Å²) in [6, 6.07) is 11.7. The second-order valence-corrected chi connectivity index (χ2v) is 6.76. The third-order valence-electron chi connectivity index (χ3n) is 3.81. The maximum Gasteiger partial charge on any atom is 0.220 e. The van der Waals surface area contributed by atoms with Gasteiger partial charge in [0.05, 0.1) is 0 Å². The van der Waals surface area contributed by atoms with Crippen LogP contribution in [0.15, 0.2) is 48.8 Å². The van der Waals surface area contributed by atoms with Crippen molar-refractivity contribution in [2.45, 2.75) is 45.6 Å². The average Bonchev–Trinajstić information content (AvgIpc) is 2.55. The van der Waals surface area contributed by atoms with Crippen molar-refractivity contribution in [2.75, 3.05) is 0 Å². The van der Waals surface area contributed by atoms with Gasteiger partial charge in [-0.15, -0.1) is 0 Å². The van der Waals surface area contributed by atoms with Crippen LogP contribution < -0.4 is 5.32 Å². The van der Waals surface area contributed by atoms with Crippen LogP contribution in [0.4, 0.5) is 0 Å². The highest BCUT2D eigenvalue weighted by molar-refractivity contribution is 5.97. The van der Waals surface area contributed by atoms with Crippen molar-refractivity contribution in [1.29, 1.82) is 0 Å². The Hall–Kier alpha value is -2.49. The standard InChI is InChI=1S/C20H24N2O2/c1-15-6-8-16(9-7-15)13-20(2,3)22-19(24)11-10-18(23)17-5-4-12-21-14-17/h4-9,12,14H,10-11,13H2,1-3H3,(H,22,24). The molecule has 0 aliphatic heterocycles. The smallest absolute Gasteiger partial charge is 0.220 e. The van der Waals surface area contributed by atoms with Crippen molar-refractivity contribution in [1.82, 2.24) is 10.3 Å². The third kappa shape index (κ3) is 5.61. The lowest BCUT2D eigenvalue weighted by atomic mass is 9.94. The summed E-state index contributed by atoms with van der Waals surface area (Å²) in [6.45, 7) is 6.04. The average molecular weight is 324 g/mol. The molecule has 0 saturated carbocycles. The Kier molecular flexibility index (Phi) is 5.85. The van der Waals surface area contributed by atoms with Crippen molar-refractivity contribution >= 4 is 11.7 Å². The summed E-state index contributed by atoms with van der Waals surface area (Å²) in [5.74, 6) is -0.168. The predicted octanol–water partition coefficient (Wildman–Crippen LogP) is 3.49. The quantitative estimate of drug-likeness (QED) is 0.793. The number of hydrogen-bond acceptors (Lipinski definition) is 3. The van der Waals surface area contributed by atoms with Crippen molar-refractivity contribution in [3.05, 3.63) is 65.5 Å². The number of ketones is 1. The molecule has 4 nitrogen and oxygen atoms in total. The maximum atomic E-state index is 12.2. The molecule has 0 radical (unpaired) electrons. The van der Waals surface area contributed by atoms with Gasteiger partial charge in [0.25, 0.3) is 0 Å². The zero-order valence-electron chi connectivity index (χ0n) is 14.5. The van der Waals surface area contributed by atoms with Gasteiger partial charge >= 0.3 is 0 Å². The van der Waals surface area contributed by atoms with E-state index in [4.69, 9.17) is 0 Å². The fourth-order valence-electron chi connectivity index (χ4n) is 2.60. The van der Waals surface area contributed by atoms with Gasteiger partial charge in [-0.1, -0.05) is 29.8 Å². The van der Waals surface area contributed by atoms with E-state index in [2.05, 4.69) is 41.5 Å². The summed E-state index contributed by atoms with van der Waals surface area (Å²) >= 11 is 0. The van der Waals surface area contributed by atoms with Gasteiger partial charge in [-0.2, -0.15) is 0 Å². The lowest BCUT2D eigenvalue weighted by molar-refractivity contribution is -0.122. The van der Waals surface area contributed by atoms with Crippen LogP contribution in [0.3, 0.4) is 0 Å². The highest BCUT2D eigenvalue weighted by Crippen LogP contribution is 2.14. The van der Waals surface area contributed by atoms with Gasteiger partial charge in [0, 0.05) is 36.3 Å². The molecule has 4 heteroatoms. The molecule has 0 unspecified atom stereocenters. The molecule has 0 fully saturated rings.